The Balaban J connectivity index is 1.71. The number of hydrogen-bond acceptors (Lipinski definition) is 3. The van der Waals surface area contributed by atoms with Crippen LogP contribution in [-0.4, -0.2) is 25.3 Å². The third kappa shape index (κ3) is 3.15. The fraction of sp³-hybridized carbons (Fsp3) is 0.462. The molecule has 0 atom stereocenters. The summed E-state index contributed by atoms with van der Waals surface area (Å²) >= 11 is 0. The van der Waals surface area contributed by atoms with Gasteiger partial charge < -0.3 is 9.47 Å². The number of rotatable bonds is 5. The lowest BCUT2D eigenvalue weighted by molar-refractivity contribution is -0.0475. The highest BCUT2D eigenvalue weighted by atomic mass is 16.7. The summed E-state index contributed by atoms with van der Waals surface area (Å²) in [6.07, 6.45) is 2.09. The van der Waals surface area contributed by atoms with Crippen molar-refractivity contribution in [3.8, 4) is 0 Å². The molecule has 1 aromatic rings. The Morgan fingerprint density at radius 3 is 2.56 bits per heavy atom. The fourth-order valence-corrected chi connectivity index (χ4v) is 1.77. The summed E-state index contributed by atoms with van der Waals surface area (Å²) in [4.78, 5) is 11.7. The van der Waals surface area contributed by atoms with Crippen LogP contribution in [0, 0.1) is 0 Å². The van der Waals surface area contributed by atoms with E-state index >= 15 is 0 Å². The molecule has 0 saturated carbocycles. The molecule has 0 N–H and O–H groups in total. The van der Waals surface area contributed by atoms with Crippen LogP contribution in [0.3, 0.4) is 0 Å². The molecule has 2 rings (SSSR count). The van der Waals surface area contributed by atoms with Crippen LogP contribution < -0.4 is 0 Å². The van der Waals surface area contributed by atoms with Crippen molar-refractivity contribution in [3.63, 3.8) is 0 Å². The van der Waals surface area contributed by atoms with E-state index in [4.69, 9.17) is 9.47 Å². The predicted octanol–water partition coefficient (Wildman–Crippen LogP) is 2.41. The molecule has 0 bridgehead atoms. The number of hydrogen-bond donors (Lipinski definition) is 0. The first-order valence-corrected chi connectivity index (χ1v) is 5.68. The number of carbonyl (C=O) groups is 1. The molecule has 0 unspecified atom stereocenters. The summed E-state index contributed by atoms with van der Waals surface area (Å²) in [5.74, 6) is 0.193. The summed E-state index contributed by atoms with van der Waals surface area (Å²) in [5.41, 5.74) is 0.788. The van der Waals surface area contributed by atoms with Gasteiger partial charge in [-0.25, -0.2) is 0 Å². The van der Waals surface area contributed by atoms with Crippen LogP contribution in [-0.2, 0) is 9.47 Å². The van der Waals surface area contributed by atoms with E-state index < -0.39 is 0 Å². The van der Waals surface area contributed by atoms with E-state index in [1.807, 2.05) is 30.3 Å². The molecule has 1 fully saturated rings. The van der Waals surface area contributed by atoms with Crippen LogP contribution in [0.25, 0.3) is 0 Å². The Morgan fingerprint density at radius 1 is 1.19 bits per heavy atom. The molecule has 0 radical (unpaired) electrons. The Bertz CT molecular complexity index is 328. The van der Waals surface area contributed by atoms with Crippen molar-refractivity contribution in [1.29, 1.82) is 0 Å². The second kappa shape index (κ2) is 5.77. The molecule has 0 aliphatic carbocycles. The normalized spacial score (nSPS) is 16.5. The Kier molecular flexibility index (Phi) is 4.08. The monoisotopic (exact) mass is 220 g/mol. The molecule has 1 aliphatic rings. The lowest BCUT2D eigenvalue weighted by atomic mass is 10.1. The summed E-state index contributed by atoms with van der Waals surface area (Å²) < 4.78 is 10.6. The smallest absolute Gasteiger partial charge is 0.162 e. The van der Waals surface area contributed by atoms with Crippen molar-refractivity contribution < 1.29 is 14.3 Å². The third-order valence-corrected chi connectivity index (χ3v) is 2.63. The second-order valence-electron chi connectivity index (χ2n) is 3.85. The topological polar surface area (TPSA) is 35.5 Å². The van der Waals surface area contributed by atoms with Crippen LogP contribution in [0.15, 0.2) is 30.3 Å². The molecule has 0 spiro atoms. The number of Topliss-reactive ketones (excluding diaryl/α,β-unsaturated/α-hetero) is 1. The third-order valence-electron chi connectivity index (χ3n) is 2.63. The zero-order valence-electron chi connectivity index (χ0n) is 9.22. The van der Waals surface area contributed by atoms with Crippen LogP contribution in [0.5, 0.6) is 0 Å². The van der Waals surface area contributed by atoms with Gasteiger partial charge in [0.15, 0.2) is 12.1 Å². The zero-order chi connectivity index (χ0) is 11.2. The summed E-state index contributed by atoms with van der Waals surface area (Å²) in [7, 11) is 0. The highest BCUT2D eigenvalue weighted by Crippen LogP contribution is 2.13. The molecule has 16 heavy (non-hydrogen) atoms. The fourth-order valence-electron chi connectivity index (χ4n) is 1.77. The summed E-state index contributed by atoms with van der Waals surface area (Å²) in [6, 6.07) is 9.39. The van der Waals surface area contributed by atoms with Gasteiger partial charge in [-0.1, -0.05) is 30.3 Å². The van der Waals surface area contributed by atoms with Crippen molar-refractivity contribution in [2.24, 2.45) is 0 Å². The van der Waals surface area contributed by atoms with Gasteiger partial charge in [-0.2, -0.15) is 0 Å². The average molecular weight is 220 g/mol. The maximum absolute atomic E-state index is 11.7. The lowest BCUT2D eigenvalue weighted by Crippen LogP contribution is -2.08. The van der Waals surface area contributed by atoms with E-state index in [2.05, 4.69) is 0 Å². The predicted molar refractivity (Wildman–Crippen MR) is 60.3 cm³/mol. The molecule has 1 saturated heterocycles. The first-order valence-electron chi connectivity index (χ1n) is 5.68. The second-order valence-corrected chi connectivity index (χ2v) is 3.85. The van der Waals surface area contributed by atoms with E-state index in [1.165, 1.54) is 0 Å². The van der Waals surface area contributed by atoms with Crippen LogP contribution in [0.2, 0.25) is 0 Å². The lowest BCUT2D eigenvalue weighted by Gasteiger charge is -2.07. The Labute approximate surface area is 95.4 Å². The maximum atomic E-state index is 11.7. The maximum Gasteiger partial charge on any atom is 0.162 e. The Hall–Kier alpha value is -1.19. The van der Waals surface area contributed by atoms with Gasteiger partial charge in [-0.3, -0.25) is 4.79 Å². The van der Waals surface area contributed by atoms with Gasteiger partial charge in [-0.15, -0.1) is 0 Å². The average Bonchev–Trinajstić information content (AvgIpc) is 2.83. The first kappa shape index (κ1) is 11.3. The van der Waals surface area contributed by atoms with Crippen LogP contribution >= 0.6 is 0 Å². The molecule has 1 aromatic carbocycles. The van der Waals surface area contributed by atoms with Crippen molar-refractivity contribution in [2.45, 2.75) is 25.6 Å². The standard InChI is InChI=1S/C13H16O3/c14-12(11-5-2-1-3-6-11)7-4-8-13-15-9-10-16-13/h1-3,5-6,13H,4,7-10H2. The van der Waals surface area contributed by atoms with Gasteiger partial charge in [0.1, 0.15) is 0 Å². The number of ketones is 1. The molecular formula is C13H16O3. The number of carbonyl (C=O) groups excluding carboxylic acids is 1. The minimum Gasteiger partial charge on any atom is -0.350 e. The van der Waals surface area contributed by atoms with Crippen LogP contribution in [0.4, 0.5) is 0 Å². The SMILES string of the molecule is O=C(CCCC1OCCO1)c1ccccc1. The van der Waals surface area contributed by atoms with E-state index in [0.717, 1.165) is 18.4 Å². The minimum atomic E-state index is -0.0939. The Morgan fingerprint density at radius 2 is 1.88 bits per heavy atom. The van der Waals surface area contributed by atoms with E-state index in [1.54, 1.807) is 0 Å². The minimum absolute atomic E-state index is 0.0939. The molecule has 1 heterocycles. The van der Waals surface area contributed by atoms with E-state index in [9.17, 15) is 4.79 Å². The van der Waals surface area contributed by atoms with Gasteiger partial charge in [0, 0.05) is 12.0 Å². The summed E-state index contributed by atoms with van der Waals surface area (Å²) in [6.45, 7) is 1.36. The van der Waals surface area contributed by atoms with Gasteiger partial charge >= 0.3 is 0 Å². The molecule has 3 nitrogen and oxygen atoms in total. The largest absolute Gasteiger partial charge is 0.350 e. The van der Waals surface area contributed by atoms with Crippen molar-refractivity contribution in [1.82, 2.24) is 0 Å². The highest BCUT2D eigenvalue weighted by molar-refractivity contribution is 5.95. The zero-order valence-corrected chi connectivity index (χ0v) is 9.22. The molecule has 3 heteroatoms. The number of ether oxygens (including phenoxy) is 2. The van der Waals surface area contributed by atoms with Crippen molar-refractivity contribution in [2.75, 3.05) is 13.2 Å². The van der Waals surface area contributed by atoms with Gasteiger partial charge in [0.05, 0.1) is 13.2 Å². The molecule has 0 amide bonds. The highest BCUT2D eigenvalue weighted by Gasteiger charge is 2.15. The van der Waals surface area contributed by atoms with Gasteiger partial charge in [0.25, 0.3) is 0 Å². The van der Waals surface area contributed by atoms with Gasteiger partial charge in [-0.05, 0) is 12.8 Å². The molecule has 86 valence electrons. The van der Waals surface area contributed by atoms with Crippen molar-refractivity contribution in [3.05, 3.63) is 35.9 Å². The molecule has 1 aliphatic heterocycles. The van der Waals surface area contributed by atoms with E-state index in [-0.39, 0.29) is 12.1 Å². The quantitative estimate of drug-likeness (QED) is 0.715. The van der Waals surface area contributed by atoms with Crippen molar-refractivity contribution >= 4 is 5.78 Å². The molecule has 0 aromatic heterocycles. The first-order chi connectivity index (χ1) is 7.86. The van der Waals surface area contributed by atoms with Crippen LogP contribution in [0.1, 0.15) is 29.6 Å². The summed E-state index contributed by atoms with van der Waals surface area (Å²) in [5, 5.41) is 0. The van der Waals surface area contributed by atoms with E-state index in [0.29, 0.717) is 19.6 Å². The van der Waals surface area contributed by atoms with Gasteiger partial charge in [0.2, 0.25) is 0 Å². The number of benzene rings is 1. The molecular weight excluding hydrogens is 204 g/mol.